The van der Waals surface area contributed by atoms with Crippen LogP contribution in [0.3, 0.4) is 0 Å². The second kappa shape index (κ2) is 5.63. The van der Waals surface area contributed by atoms with Gasteiger partial charge < -0.3 is 10.2 Å². The molecule has 2 nitrogen and oxygen atoms in total. The maximum atomic E-state index is 11.6. The molecule has 0 spiro atoms. The average molecular weight is 309 g/mol. The van der Waals surface area contributed by atoms with Crippen molar-refractivity contribution in [2.45, 2.75) is 90.8 Å². The van der Waals surface area contributed by atoms with Gasteiger partial charge in [0, 0.05) is 0 Å². The Hall–Kier alpha value is -0.340. The Balaban J connectivity index is 2.30. The zero-order valence-electron chi connectivity index (χ0n) is 15.3. The van der Waals surface area contributed by atoms with Crippen molar-refractivity contribution in [3.05, 3.63) is 12.7 Å². The molecule has 2 aliphatic rings. The van der Waals surface area contributed by atoms with Gasteiger partial charge in [-0.3, -0.25) is 0 Å². The molecule has 0 heterocycles. The second-order valence-electron chi connectivity index (χ2n) is 9.26. The summed E-state index contributed by atoms with van der Waals surface area (Å²) in [5.74, 6) is 0.931. The molecule has 0 radical (unpaired) electrons. The Bertz CT molecular complexity index is 425. The molecule has 2 N–H and O–H groups in total. The zero-order valence-corrected chi connectivity index (χ0v) is 15.3. The molecule has 2 fully saturated rings. The minimum Gasteiger partial charge on any atom is -0.389 e. The van der Waals surface area contributed by atoms with Crippen molar-refractivity contribution < 1.29 is 10.2 Å². The van der Waals surface area contributed by atoms with Gasteiger partial charge in [-0.05, 0) is 68.1 Å². The van der Waals surface area contributed by atoms with Crippen molar-refractivity contribution in [1.82, 2.24) is 0 Å². The predicted octanol–water partition coefficient (Wildman–Crippen LogP) is 4.70. The lowest BCUT2D eigenvalue weighted by Gasteiger charge is -2.62. The van der Waals surface area contributed by atoms with Crippen molar-refractivity contribution in [1.29, 1.82) is 0 Å². The van der Waals surface area contributed by atoms with Gasteiger partial charge in [0.05, 0.1) is 11.2 Å². The fourth-order valence-electron chi connectivity index (χ4n) is 5.22. The summed E-state index contributed by atoms with van der Waals surface area (Å²) in [7, 11) is 0. The van der Waals surface area contributed by atoms with Gasteiger partial charge in [-0.2, -0.15) is 0 Å². The molecule has 2 saturated carbocycles. The number of fused-ring (bicyclic) bond motifs is 1. The molecule has 22 heavy (non-hydrogen) atoms. The Labute approximate surface area is 137 Å². The summed E-state index contributed by atoms with van der Waals surface area (Å²) in [5, 5.41) is 21.9. The molecule has 0 aromatic heterocycles. The summed E-state index contributed by atoms with van der Waals surface area (Å²) in [6, 6.07) is 0. The van der Waals surface area contributed by atoms with E-state index < -0.39 is 11.2 Å². The first-order chi connectivity index (χ1) is 9.98. The molecule has 0 bridgehead atoms. The molecule has 0 unspecified atom stereocenters. The van der Waals surface area contributed by atoms with E-state index in [0.29, 0.717) is 11.8 Å². The molecule has 0 amide bonds. The van der Waals surface area contributed by atoms with Gasteiger partial charge in [0.15, 0.2) is 0 Å². The number of hydrogen-bond acceptors (Lipinski definition) is 2. The summed E-state index contributed by atoms with van der Waals surface area (Å²) in [5.41, 5.74) is -1.26. The number of rotatable bonds is 4. The van der Waals surface area contributed by atoms with Crippen LogP contribution in [-0.2, 0) is 0 Å². The van der Waals surface area contributed by atoms with E-state index in [0.717, 1.165) is 38.5 Å². The largest absolute Gasteiger partial charge is 0.389 e. The Morgan fingerprint density at radius 1 is 1.23 bits per heavy atom. The van der Waals surface area contributed by atoms with Crippen LogP contribution < -0.4 is 0 Å². The van der Waals surface area contributed by atoms with Gasteiger partial charge in [-0.1, -0.05) is 40.2 Å². The van der Waals surface area contributed by atoms with Crippen LogP contribution >= 0.6 is 0 Å². The fraction of sp³-hybridized carbons (Fsp3) is 0.900. The molecule has 0 aromatic rings. The standard InChI is InChI=1S/C20H36O2/c1-7-18(5,21)13-14-19(6)15(2)10-12-20(22)16(19)9-8-11-17(20,3)4/h7,15-16,21-22H,1,8-14H2,2-6H3/t15-,16-,18-,19+,20+/m1/s1. The van der Waals surface area contributed by atoms with Gasteiger partial charge in [-0.15, -0.1) is 6.58 Å². The number of hydrogen-bond donors (Lipinski definition) is 2. The summed E-state index contributed by atoms with van der Waals surface area (Å²) in [6.45, 7) is 14.8. The molecule has 0 aliphatic heterocycles. The molecule has 2 aliphatic carbocycles. The molecule has 5 atom stereocenters. The summed E-state index contributed by atoms with van der Waals surface area (Å²) in [4.78, 5) is 0. The van der Waals surface area contributed by atoms with Crippen LogP contribution in [-0.4, -0.2) is 21.4 Å². The maximum absolute atomic E-state index is 11.6. The van der Waals surface area contributed by atoms with Crippen molar-refractivity contribution >= 4 is 0 Å². The SMILES string of the molecule is C=C[C@@](C)(O)CC[C@@]1(C)[C@H](C)CC[C@]2(O)[C@@H]1CCCC2(C)C. The lowest BCUT2D eigenvalue weighted by molar-refractivity contribution is -0.214. The van der Waals surface area contributed by atoms with E-state index in [-0.39, 0.29) is 10.8 Å². The van der Waals surface area contributed by atoms with E-state index in [1.165, 1.54) is 6.42 Å². The third kappa shape index (κ3) is 2.78. The van der Waals surface area contributed by atoms with Crippen LogP contribution in [0.2, 0.25) is 0 Å². The van der Waals surface area contributed by atoms with Crippen LogP contribution in [0.15, 0.2) is 12.7 Å². The zero-order chi connectivity index (χ0) is 16.8. The normalized spacial score (nSPS) is 44.0. The van der Waals surface area contributed by atoms with E-state index in [2.05, 4.69) is 34.3 Å². The average Bonchev–Trinajstić information content (AvgIpc) is 2.44. The molecule has 2 rings (SSSR count). The first-order valence-corrected chi connectivity index (χ1v) is 9.07. The third-order valence-electron chi connectivity index (χ3n) is 7.53. The molecular formula is C20H36O2. The minimum atomic E-state index is -0.803. The summed E-state index contributed by atoms with van der Waals surface area (Å²) >= 11 is 0. The lowest BCUT2D eigenvalue weighted by Crippen LogP contribution is -2.62. The van der Waals surface area contributed by atoms with Crippen molar-refractivity contribution in [2.75, 3.05) is 0 Å². The maximum Gasteiger partial charge on any atom is 0.0797 e. The highest BCUT2D eigenvalue weighted by Gasteiger charge is 2.60. The molecular weight excluding hydrogens is 272 g/mol. The van der Waals surface area contributed by atoms with Crippen LogP contribution in [0.4, 0.5) is 0 Å². The third-order valence-corrected chi connectivity index (χ3v) is 7.53. The Kier molecular flexibility index (Phi) is 4.61. The molecule has 0 saturated heterocycles. The van der Waals surface area contributed by atoms with Crippen molar-refractivity contribution in [2.24, 2.45) is 22.7 Å². The number of aliphatic hydroxyl groups is 2. The van der Waals surface area contributed by atoms with Gasteiger partial charge in [-0.25, -0.2) is 0 Å². The van der Waals surface area contributed by atoms with E-state index in [4.69, 9.17) is 0 Å². The molecule has 128 valence electrons. The van der Waals surface area contributed by atoms with Gasteiger partial charge >= 0.3 is 0 Å². The van der Waals surface area contributed by atoms with E-state index >= 15 is 0 Å². The smallest absolute Gasteiger partial charge is 0.0797 e. The van der Waals surface area contributed by atoms with Crippen molar-refractivity contribution in [3.8, 4) is 0 Å². The van der Waals surface area contributed by atoms with E-state index in [1.54, 1.807) is 6.08 Å². The second-order valence-corrected chi connectivity index (χ2v) is 9.26. The topological polar surface area (TPSA) is 40.5 Å². The van der Waals surface area contributed by atoms with Crippen LogP contribution in [0, 0.1) is 22.7 Å². The summed E-state index contributed by atoms with van der Waals surface area (Å²) in [6.07, 6.45) is 8.80. The Morgan fingerprint density at radius 2 is 1.86 bits per heavy atom. The first kappa shape index (κ1) is 18.0. The van der Waals surface area contributed by atoms with Gasteiger partial charge in [0.1, 0.15) is 0 Å². The highest BCUT2D eigenvalue weighted by molar-refractivity contribution is 5.11. The quantitative estimate of drug-likeness (QED) is 0.739. The molecule has 2 heteroatoms. The minimum absolute atomic E-state index is 0.00171. The van der Waals surface area contributed by atoms with Crippen molar-refractivity contribution in [3.63, 3.8) is 0 Å². The highest BCUT2D eigenvalue weighted by atomic mass is 16.3. The highest BCUT2D eigenvalue weighted by Crippen LogP contribution is 2.62. The summed E-state index contributed by atoms with van der Waals surface area (Å²) < 4.78 is 0. The lowest BCUT2D eigenvalue weighted by atomic mass is 9.45. The monoisotopic (exact) mass is 308 g/mol. The van der Waals surface area contributed by atoms with Gasteiger partial charge in [0.2, 0.25) is 0 Å². The fourth-order valence-corrected chi connectivity index (χ4v) is 5.22. The first-order valence-electron chi connectivity index (χ1n) is 9.07. The van der Waals surface area contributed by atoms with E-state index in [1.807, 2.05) is 6.92 Å². The van der Waals surface area contributed by atoms with Crippen LogP contribution in [0.1, 0.15) is 79.6 Å². The Morgan fingerprint density at radius 3 is 2.45 bits per heavy atom. The van der Waals surface area contributed by atoms with Gasteiger partial charge in [0.25, 0.3) is 0 Å². The van der Waals surface area contributed by atoms with Crippen LogP contribution in [0.25, 0.3) is 0 Å². The molecule has 0 aromatic carbocycles. The van der Waals surface area contributed by atoms with Crippen LogP contribution in [0.5, 0.6) is 0 Å². The predicted molar refractivity (Wildman–Crippen MR) is 92.6 cm³/mol. The van der Waals surface area contributed by atoms with E-state index in [9.17, 15) is 10.2 Å².